The third-order valence-corrected chi connectivity index (χ3v) is 2.50. The van der Waals surface area contributed by atoms with Crippen LogP contribution in [0, 0.1) is 5.92 Å². The van der Waals surface area contributed by atoms with Crippen molar-refractivity contribution in [2.24, 2.45) is 11.7 Å². The van der Waals surface area contributed by atoms with Gasteiger partial charge >= 0.3 is 0 Å². The Bertz CT molecular complexity index is 76.6. The average molecular weight is 129 g/mol. The molecule has 0 aromatic carbocycles. The van der Waals surface area contributed by atoms with Crippen molar-refractivity contribution in [1.29, 1.82) is 0 Å². The number of nitrogens with two attached hydrogens (primary N) is 1. The molecule has 0 fully saturated rings. The van der Waals surface area contributed by atoms with Crippen LogP contribution in [0.15, 0.2) is 0 Å². The summed E-state index contributed by atoms with van der Waals surface area (Å²) in [7, 11) is 0. The molecule has 0 spiro atoms. The van der Waals surface area contributed by atoms with Crippen molar-refractivity contribution in [3.63, 3.8) is 0 Å². The van der Waals surface area contributed by atoms with Crippen LogP contribution in [0.3, 0.4) is 0 Å². The van der Waals surface area contributed by atoms with E-state index < -0.39 is 0 Å². The van der Waals surface area contributed by atoms with Gasteiger partial charge in [0.25, 0.3) is 0 Å². The molecule has 0 rings (SSSR count). The van der Waals surface area contributed by atoms with Crippen LogP contribution in [0.1, 0.15) is 40.5 Å². The minimum absolute atomic E-state index is 0.0503. The van der Waals surface area contributed by atoms with Crippen LogP contribution in [-0.2, 0) is 0 Å². The van der Waals surface area contributed by atoms with Gasteiger partial charge in [0.2, 0.25) is 0 Å². The smallest absolute Gasteiger partial charge is 0.0148 e. The molecule has 0 aliphatic heterocycles. The fourth-order valence-corrected chi connectivity index (χ4v) is 0.815. The van der Waals surface area contributed by atoms with Crippen molar-refractivity contribution in [3.8, 4) is 0 Å². The minimum atomic E-state index is 0.0503. The molecule has 0 amide bonds. The molecule has 0 heterocycles. The first kappa shape index (κ1) is 8.96. The zero-order valence-electron chi connectivity index (χ0n) is 7.07. The van der Waals surface area contributed by atoms with E-state index in [9.17, 15) is 0 Å². The Morgan fingerprint density at radius 3 is 2.00 bits per heavy atom. The second-order valence-electron chi connectivity index (χ2n) is 3.17. The van der Waals surface area contributed by atoms with Crippen molar-refractivity contribution >= 4 is 0 Å². The normalized spacial score (nSPS) is 21.0. The Morgan fingerprint density at radius 1 is 1.44 bits per heavy atom. The van der Waals surface area contributed by atoms with Gasteiger partial charge in [-0.05, 0) is 19.3 Å². The van der Waals surface area contributed by atoms with Crippen molar-refractivity contribution in [1.82, 2.24) is 0 Å². The Hall–Kier alpha value is -0.0400. The van der Waals surface area contributed by atoms with Gasteiger partial charge in [-0.2, -0.15) is 0 Å². The second-order valence-corrected chi connectivity index (χ2v) is 3.17. The lowest BCUT2D eigenvalue weighted by atomic mass is 9.84. The Kier molecular flexibility index (Phi) is 3.20. The van der Waals surface area contributed by atoms with E-state index in [-0.39, 0.29) is 5.54 Å². The lowest BCUT2D eigenvalue weighted by Crippen LogP contribution is -2.41. The molecule has 0 radical (unpaired) electrons. The molecule has 56 valence electrons. The number of hydrogen-bond acceptors (Lipinski definition) is 1. The summed E-state index contributed by atoms with van der Waals surface area (Å²) in [6.45, 7) is 8.67. The van der Waals surface area contributed by atoms with Crippen molar-refractivity contribution in [3.05, 3.63) is 0 Å². The highest BCUT2D eigenvalue weighted by Gasteiger charge is 2.21. The van der Waals surface area contributed by atoms with E-state index in [1.807, 2.05) is 0 Å². The van der Waals surface area contributed by atoms with Crippen LogP contribution in [0.4, 0.5) is 0 Å². The number of hydrogen-bond donors (Lipinski definition) is 1. The maximum absolute atomic E-state index is 5.97. The average Bonchev–Trinajstić information content (AvgIpc) is 1.86. The maximum Gasteiger partial charge on any atom is 0.0148 e. The Balaban J connectivity index is 3.80. The van der Waals surface area contributed by atoms with Gasteiger partial charge in [-0.1, -0.05) is 27.2 Å². The summed E-state index contributed by atoms with van der Waals surface area (Å²) in [6, 6.07) is 0. The molecule has 0 aromatic rings. The fourth-order valence-electron chi connectivity index (χ4n) is 0.815. The van der Waals surface area contributed by atoms with Crippen LogP contribution in [0.25, 0.3) is 0 Å². The number of rotatable bonds is 3. The molecule has 2 atom stereocenters. The summed E-state index contributed by atoms with van der Waals surface area (Å²) in [6.07, 6.45) is 2.25. The third kappa shape index (κ3) is 2.35. The van der Waals surface area contributed by atoms with Gasteiger partial charge < -0.3 is 5.73 Å². The molecule has 0 bridgehead atoms. The molecule has 2 N–H and O–H groups in total. The summed E-state index contributed by atoms with van der Waals surface area (Å²) in [5, 5.41) is 0. The molecule has 9 heavy (non-hydrogen) atoms. The van der Waals surface area contributed by atoms with Gasteiger partial charge in [-0.25, -0.2) is 0 Å². The molecule has 0 saturated heterocycles. The van der Waals surface area contributed by atoms with Crippen molar-refractivity contribution < 1.29 is 0 Å². The second kappa shape index (κ2) is 3.21. The quantitative estimate of drug-likeness (QED) is 0.621. The summed E-state index contributed by atoms with van der Waals surface area (Å²) in [5.41, 5.74) is 6.02. The largest absolute Gasteiger partial charge is 0.325 e. The Morgan fingerprint density at radius 2 is 1.89 bits per heavy atom. The zero-order chi connectivity index (χ0) is 7.49. The van der Waals surface area contributed by atoms with E-state index >= 15 is 0 Å². The predicted octanol–water partition coefficient (Wildman–Crippen LogP) is 2.16. The highest BCUT2D eigenvalue weighted by Crippen LogP contribution is 2.19. The van der Waals surface area contributed by atoms with Gasteiger partial charge in [0.15, 0.2) is 0 Å². The Labute approximate surface area is 58.6 Å². The summed E-state index contributed by atoms with van der Waals surface area (Å²) >= 11 is 0. The standard InChI is InChI=1S/C8H19N/c1-5-7(3)8(4,9)6-2/h7H,5-6,9H2,1-4H3. The molecule has 0 aliphatic carbocycles. The zero-order valence-corrected chi connectivity index (χ0v) is 7.07. The first-order valence-corrected chi connectivity index (χ1v) is 3.83. The van der Waals surface area contributed by atoms with Gasteiger partial charge in [0.1, 0.15) is 0 Å². The maximum atomic E-state index is 5.97. The molecular weight excluding hydrogens is 110 g/mol. The van der Waals surface area contributed by atoms with E-state index in [1.54, 1.807) is 0 Å². The van der Waals surface area contributed by atoms with Crippen LogP contribution >= 0.6 is 0 Å². The monoisotopic (exact) mass is 129 g/mol. The molecule has 1 heteroatoms. The highest BCUT2D eigenvalue weighted by atomic mass is 14.7. The molecule has 1 nitrogen and oxygen atoms in total. The molecule has 2 unspecified atom stereocenters. The molecule has 0 aromatic heterocycles. The summed E-state index contributed by atoms with van der Waals surface area (Å²) in [4.78, 5) is 0. The molecule has 0 aliphatic rings. The third-order valence-electron chi connectivity index (χ3n) is 2.50. The fraction of sp³-hybridized carbons (Fsp3) is 1.00. The molecule has 0 saturated carbocycles. The van der Waals surface area contributed by atoms with Crippen LogP contribution in [0.2, 0.25) is 0 Å². The summed E-state index contributed by atoms with van der Waals surface area (Å²) in [5.74, 6) is 0.641. The highest BCUT2D eigenvalue weighted by molar-refractivity contribution is 4.81. The van der Waals surface area contributed by atoms with E-state index in [2.05, 4.69) is 27.7 Å². The van der Waals surface area contributed by atoms with E-state index in [0.29, 0.717) is 5.92 Å². The molecular formula is C8H19N. The van der Waals surface area contributed by atoms with E-state index in [4.69, 9.17) is 5.73 Å². The SMILES string of the molecule is CCC(C)C(C)(N)CC. The van der Waals surface area contributed by atoms with Crippen LogP contribution in [0.5, 0.6) is 0 Å². The van der Waals surface area contributed by atoms with Crippen molar-refractivity contribution in [2.45, 2.75) is 46.1 Å². The lowest BCUT2D eigenvalue weighted by molar-refractivity contribution is 0.299. The minimum Gasteiger partial charge on any atom is -0.325 e. The summed E-state index contributed by atoms with van der Waals surface area (Å²) < 4.78 is 0. The van der Waals surface area contributed by atoms with Crippen LogP contribution in [-0.4, -0.2) is 5.54 Å². The first-order chi connectivity index (χ1) is 4.04. The predicted molar refractivity (Wildman–Crippen MR) is 42.3 cm³/mol. The van der Waals surface area contributed by atoms with Crippen LogP contribution < -0.4 is 5.73 Å². The topological polar surface area (TPSA) is 26.0 Å². The van der Waals surface area contributed by atoms with Crippen molar-refractivity contribution in [2.75, 3.05) is 0 Å². The van der Waals surface area contributed by atoms with E-state index in [1.165, 1.54) is 6.42 Å². The van der Waals surface area contributed by atoms with Gasteiger partial charge in [-0.3, -0.25) is 0 Å². The lowest BCUT2D eigenvalue weighted by Gasteiger charge is -2.29. The van der Waals surface area contributed by atoms with Gasteiger partial charge in [0, 0.05) is 5.54 Å². The van der Waals surface area contributed by atoms with Gasteiger partial charge in [-0.15, -0.1) is 0 Å². The van der Waals surface area contributed by atoms with Gasteiger partial charge in [0.05, 0.1) is 0 Å². The van der Waals surface area contributed by atoms with E-state index in [0.717, 1.165) is 6.42 Å². The first-order valence-electron chi connectivity index (χ1n) is 3.83.